The van der Waals surface area contributed by atoms with Crippen LogP contribution in [0.5, 0.6) is 0 Å². The Morgan fingerprint density at radius 3 is 1.51 bits per heavy atom. The Kier molecular flexibility index (Phi) is 19.4. The van der Waals surface area contributed by atoms with Gasteiger partial charge in [0.05, 0.1) is 0 Å². The van der Waals surface area contributed by atoms with Gasteiger partial charge < -0.3 is 39.1 Å². The van der Waals surface area contributed by atoms with Crippen molar-refractivity contribution in [3.8, 4) is 0 Å². The van der Waals surface area contributed by atoms with E-state index in [4.69, 9.17) is 12.5 Å². The molecule has 4 atom stereocenters. The van der Waals surface area contributed by atoms with Gasteiger partial charge in [0, 0.05) is 19.4 Å². The molecular weight excluding hydrogens is 821 g/mol. The highest BCUT2D eigenvalue weighted by molar-refractivity contribution is 14.1. The van der Waals surface area contributed by atoms with E-state index in [2.05, 4.69) is 26.6 Å². The minimum absolute atomic E-state index is 0.0413. The number of hydrogen-bond donors (Lipinski definition) is 5. The minimum Gasteiger partial charge on any atom is -0.444 e. The van der Waals surface area contributed by atoms with Crippen LogP contribution in [0.15, 0.2) is 60.7 Å². The summed E-state index contributed by atoms with van der Waals surface area (Å²) in [5, 5.41) is 13.7. The van der Waals surface area contributed by atoms with E-state index in [9.17, 15) is 28.8 Å². The molecule has 5 amide bonds. The number of amides is 5. The molecular formula is C40H58IN5O9. The van der Waals surface area contributed by atoms with Crippen molar-refractivity contribution in [2.24, 2.45) is 5.92 Å². The van der Waals surface area contributed by atoms with Crippen molar-refractivity contribution < 1.29 is 41.3 Å². The van der Waals surface area contributed by atoms with Gasteiger partial charge in [-0.1, -0.05) is 74.5 Å². The number of benzene rings is 2. The quantitative estimate of drug-likeness (QED) is 0.0903. The summed E-state index contributed by atoms with van der Waals surface area (Å²) in [7, 11) is 0. The Bertz CT molecular complexity index is 1550. The fraction of sp³-hybridized carbons (Fsp3) is 0.550. The standard InChI is InChI=1S/C40H58IN5O9/c1-26(2)23-30(33(47)43-29(36(50)55-41)21-15-16-22-42-37(51)53-39(3,4)5)44-34(48)31(24-27-17-11-9-12-18-27)45-35(49)32(25-28-19-13-10-14-20-28)46-38(52)54-40(6,7)8/h9-14,17-20,26,29-32H,15-16,21-25H2,1-8H3,(H,42,51)(H,43,47)(H,44,48)(H,45,49)(H,46,52)/t29-,30-,31-,32-/m1/s1. The summed E-state index contributed by atoms with van der Waals surface area (Å²) < 4.78 is 15.6. The van der Waals surface area contributed by atoms with Gasteiger partial charge in [0.15, 0.2) is 23.0 Å². The molecule has 2 aromatic carbocycles. The largest absolute Gasteiger partial charge is 0.444 e. The first kappa shape index (κ1) is 46.7. The van der Waals surface area contributed by atoms with Crippen LogP contribution in [-0.4, -0.2) is 77.8 Å². The number of rotatable bonds is 19. The van der Waals surface area contributed by atoms with Crippen molar-refractivity contribution in [2.75, 3.05) is 6.54 Å². The molecule has 0 bridgehead atoms. The van der Waals surface area contributed by atoms with Crippen LogP contribution in [0.3, 0.4) is 0 Å². The number of nitrogens with one attached hydrogen (secondary N) is 5. The molecule has 0 saturated heterocycles. The Morgan fingerprint density at radius 2 is 1.04 bits per heavy atom. The second-order valence-electron chi connectivity index (χ2n) is 15.7. The average molecular weight is 880 g/mol. The number of hydrogen-bond acceptors (Lipinski definition) is 9. The molecule has 0 aromatic heterocycles. The number of ether oxygens (including phenoxy) is 2. The summed E-state index contributed by atoms with van der Waals surface area (Å²) in [6.07, 6.45) is 0.263. The van der Waals surface area contributed by atoms with Gasteiger partial charge in [-0.3, -0.25) is 14.4 Å². The van der Waals surface area contributed by atoms with Crippen molar-refractivity contribution in [3.63, 3.8) is 0 Å². The zero-order valence-electron chi connectivity index (χ0n) is 33.2. The van der Waals surface area contributed by atoms with Crippen LogP contribution in [0.4, 0.5) is 9.59 Å². The molecule has 0 spiro atoms. The number of halogens is 1. The maximum Gasteiger partial charge on any atom is 0.408 e. The number of carbonyl (C=O) groups is 6. The van der Waals surface area contributed by atoms with Crippen LogP contribution < -0.4 is 26.6 Å². The molecule has 55 heavy (non-hydrogen) atoms. The molecule has 5 N–H and O–H groups in total. The first-order valence-electron chi connectivity index (χ1n) is 18.5. The Labute approximate surface area is 339 Å². The predicted molar refractivity (Wildman–Crippen MR) is 217 cm³/mol. The summed E-state index contributed by atoms with van der Waals surface area (Å²) in [6.45, 7) is 14.5. The van der Waals surface area contributed by atoms with Crippen LogP contribution in [0, 0.1) is 5.92 Å². The average Bonchev–Trinajstić information content (AvgIpc) is 3.08. The molecule has 0 aliphatic carbocycles. The number of unbranched alkanes of at least 4 members (excludes halogenated alkanes) is 1. The highest BCUT2D eigenvalue weighted by Crippen LogP contribution is 2.13. The molecule has 0 saturated carbocycles. The van der Waals surface area contributed by atoms with E-state index in [0.29, 0.717) is 19.4 Å². The van der Waals surface area contributed by atoms with Gasteiger partial charge in [0.2, 0.25) is 17.7 Å². The second-order valence-corrected chi connectivity index (χ2v) is 16.2. The lowest BCUT2D eigenvalue weighted by atomic mass is 9.99. The SMILES string of the molecule is CC(C)C[C@@H](NC(=O)[C@@H](Cc1ccccc1)NC(=O)[C@@H](Cc1ccccc1)NC(=O)OC(C)(C)C)C(=O)N[C@H](CCCCNC(=O)OC(C)(C)C)C(=O)OI. The second kappa shape index (κ2) is 22.8. The van der Waals surface area contributed by atoms with E-state index >= 15 is 0 Å². The van der Waals surface area contributed by atoms with Crippen LogP contribution in [0.2, 0.25) is 0 Å². The first-order chi connectivity index (χ1) is 25.8. The third-order valence-electron chi connectivity index (χ3n) is 7.81. The Balaban J connectivity index is 2.26. The van der Waals surface area contributed by atoms with Gasteiger partial charge in [0.1, 0.15) is 35.4 Å². The maximum atomic E-state index is 14.1. The zero-order valence-corrected chi connectivity index (χ0v) is 35.3. The molecule has 304 valence electrons. The zero-order chi connectivity index (χ0) is 41.2. The topological polar surface area (TPSA) is 190 Å². The van der Waals surface area contributed by atoms with Gasteiger partial charge in [-0.25, -0.2) is 14.4 Å². The maximum absolute atomic E-state index is 14.1. The fourth-order valence-corrected chi connectivity index (χ4v) is 5.68. The van der Waals surface area contributed by atoms with E-state index < -0.39 is 71.2 Å². The molecule has 0 heterocycles. The van der Waals surface area contributed by atoms with E-state index in [1.165, 1.54) is 23.0 Å². The third kappa shape index (κ3) is 19.7. The molecule has 0 aliphatic heterocycles. The highest BCUT2D eigenvalue weighted by Gasteiger charge is 2.33. The number of carbonyl (C=O) groups excluding carboxylic acids is 6. The third-order valence-corrected chi connectivity index (χ3v) is 8.24. The summed E-state index contributed by atoms with van der Waals surface area (Å²) in [5.74, 6) is -2.56. The van der Waals surface area contributed by atoms with E-state index in [1.54, 1.807) is 41.5 Å². The lowest BCUT2D eigenvalue weighted by molar-refractivity contribution is -0.138. The van der Waals surface area contributed by atoms with Crippen molar-refractivity contribution in [3.05, 3.63) is 71.8 Å². The number of alkyl carbamates (subject to hydrolysis) is 2. The lowest BCUT2D eigenvalue weighted by Gasteiger charge is -2.27. The van der Waals surface area contributed by atoms with Crippen LogP contribution >= 0.6 is 23.0 Å². The van der Waals surface area contributed by atoms with Gasteiger partial charge >= 0.3 is 18.2 Å². The predicted octanol–water partition coefficient (Wildman–Crippen LogP) is 5.45. The molecule has 0 aliphatic rings. The van der Waals surface area contributed by atoms with Gasteiger partial charge in [-0.2, -0.15) is 0 Å². The minimum atomic E-state index is -1.15. The fourth-order valence-electron chi connectivity index (χ4n) is 5.37. The molecule has 15 heteroatoms. The van der Waals surface area contributed by atoms with Crippen molar-refractivity contribution in [1.82, 2.24) is 26.6 Å². The normalized spacial score (nSPS) is 13.6. The van der Waals surface area contributed by atoms with E-state index in [1.807, 2.05) is 74.5 Å². The smallest absolute Gasteiger partial charge is 0.408 e. The Morgan fingerprint density at radius 1 is 0.600 bits per heavy atom. The Hall–Kier alpha value is -4.41. The molecule has 2 rings (SSSR count). The van der Waals surface area contributed by atoms with Gasteiger partial charge in [-0.05, 0) is 84.3 Å². The molecule has 2 aromatic rings. The van der Waals surface area contributed by atoms with Crippen molar-refractivity contribution in [2.45, 2.75) is 129 Å². The molecule has 0 unspecified atom stereocenters. The van der Waals surface area contributed by atoms with E-state index in [-0.39, 0.29) is 31.6 Å². The van der Waals surface area contributed by atoms with Gasteiger partial charge in [0.25, 0.3) is 0 Å². The van der Waals surface area contributed by atoms with Crippen molar-refractivity contribution in [1.29, 1.82) is 0 Å². The highest BCUT2D eigenvalue weighted by atomic mass is 127. The molecule has 14 nitrogen and oxygen atoms in total. The summed E-state index contributed by atoms with van der Waals surface area (Å²) in [5.41, 5.74) is 0.0711. The lowest BCUT2D eigenvalue weighted by Crippen LogP contribution is -2.59. The van der Waals surface area contributed by atoms with Crippen LogP contribution in [0.1, 0.15) is 92.2 Å². The van der Waals surface area contributed by atoms with Gasteiger partial charge in [-0.15, -0.1) is 0 Å². The summed E-state index contributed by atoms with van der Waals surface area (Å²) in [4.78, 5) is 79.3. The van der Waals surface area contributed by atoms with E-state index in [0.717, 1.165) is 11.1 Å². The monoisotopic (exact) mass is 879 g/mol. The summed E-state index contributed by atoms with van der Waals surface area (Å²) >= 11 is 1.46. The van der Waals surface area contributed by atoms with Crippen LogP contribution in [-0.2, 0) is 44.6 Å². The van der Waals surface area contributed by atoms with Crippen molar-refractivity contribution >= 4 is 58.9 Å². The van der Waals surface area contributed by atoms with Crippen LogP contribution in [0.25, 0.3) is 0 Å². The summed E-state index contributed by atoms with van der Waals surface area (Å²) in [6, 6.07) is 13.9. The molecule has 0 fully saturated rings. The first-order valence-corrected chi connectivity index (χ1v) is 19.4. The molecule has 0 radical (unpaired) electrons.